The highest BCUT2D eigenvalue weighted by Gasteiger charge is 2.39. The van der Waals surface area contributed by atoms with E-state index in [-0.39, 0.29) is 30.4 Å². The molecule has 1 amide bonds. The summed E-state index contributed by atoms with van der Waals surface area (Å²) >= 11 is 0. The van der Waals surface area contributed by atoms with Crippen molar-refractivity contribution >= 4 is 17.8 Å². The fourth-order valence-electron chi connectivity index (χ4n) is 5.88. The van der Waals surface area contributed by atoms with Crippen molar-refractivity contribution in [1.82, 2.24) is 9.80 Å². The van der Waals surface area contributed by atoms with Crippen LogP contribution in [0.5, 0.6) is 0 Å². The lowest BCUT2D eigenvalue weighted by Gasteiger charge is -2.40. The van der Waals surface area contributed by atoms with Crippen LogP contribution in [0, 0.1) is 18.8 Å². The van der Waals surface area contributed by atoms with Crippen LogP contribution < -0.4 is 0 Å². The molecular weight excluding hydrogens is 420 g/mol. The van der Waals surface area contributed by atoms with Gasteiger partial charge in [0.1, 0.15) is 13.2 Å². The summed E-state index contributed by atoms with van der Waals surface area (Å²) in [5, 5.41) is 0. The molecule has 176 valence electrons. The monoisotopic (exact) mass is 452 g/mol. The third kappa shape index (κ3) is 4.07. The molecule has 1 aromatic carbocycles. The second-order valence-corrected chi connectivity index (χ2v) is 9.77. The maximum Gasteiger partial charge on any atom is 0.338 e. The molecule has 4 heterocycles. The lowest BCUT2D eigenvalue weighted by Crippen LogP contribution is -2.46. The molecule has 4 aliphatic heterocycles. The molecule has 5 rings (SSSR count). The van der Waals surface area contributed by atoms with Gasteiger partial charge < -0.3 is 19.3 Å². The SMILES string of the molecule is CC1=C(N2CCCC(C3CCN(CCc4ccc5c(c4C)COC5=O)CC3)C2=O)COC1=O. The zero-order chi connectivity index (χ0) is 23.1. The average molecular weight is 453 g/mol. The highest BCUT2D eigenvalue weighted by molar-refractivity contribution is 5.94. The number of ether oxygens (including phenoxy) is 2. The number of hydrogen-bond acceptors (Lipinski definition) is 6. The summed E-state index contributed by atoms with van der Waals surface area (Å²) < 4.78 is 10.3. The van der Waals surface area contributed by atoms with Gasteiger partial charge >= 0.3 is 11.9 Å². The zero-order valence-corrected chi connectivity index (χ0v) is 19.5. The Balaban J connectivity index is 1.16. The largest absolute Gasteiger partial charge is 0.457 e. The third-order valence-electron chi connectivity index (χ3n) is 8.06. The van der Waals surface area contributed by atoms with E-state index in [1.807, 2.05) is 11.0 Å². The first-order chi connectivity index (χ1) is 15.9. The lowest BCUT2D eigenvalue weighted by molar-refractivity contribution is -0.140. The number of carbonyl (C=O) groups excluding carboxylic acids is 3. The Morgan fingerprint density at radius 1 is 0.939 bits per heavy atom. The fourth-order valence-corrected chi connectivity index (χ4v) is 5.88. The molecule has 1 atom stereocenters. The van der Waals surface area contributed by atoms with Gasteiger partial charge in [0.25, 0.3) is 0 Å². The normalized spacial score (nSPS) is 24.4. The van der Waals surface area contributed by atoms with Gasteiger partial charge in [-0.3, -0.25) is 4.79 Å². The molecule has 33 heavy (non-hydrogen) atoms. The molecule has 7 nitrogen and oxygen atoms in total. The summed E-state index contributed by atoms with van der Waals surface area (Å²) in [6.07, 6.45) is 4.93. The number of benzene rings is 1. The Morgan fingerprint density at radius 2 is 1.70 bits per heavy atom. The van der Waals surface area contributed by atoms with Crippen molar-refractivity contribution in [1.29, 1.82) is 0 Å². The predicted molar refractivity (Wildman–Crippen MR) is 121 cm³/mol. The van der Waals surface area contributed by atoms with Gasteiger partial charge in [0, 0.05) is 24.6 Å². The minimum absolute atomic E-state index is 0.0494. The summed E-state index contributed by atoms with van der Waals surface area (Å²) in [4.78, 5) is 41.1. The van der Waals surface area contributed by atoms with Gasteiger partial charge in [-0.15, -0.1) is 0 Å². The fraction of sp³-hybridized carbons (Fsp3) is 0.577. The van der Waals surface area contributed by atoms with Crippen LogP contribution in [0.25, 0.3) is 0 Å². The molecule has 0 aromatic heterocycles. The van der Waals surface area contributed by atoms with Gasteiger partial charge in [-0.05, 0) is 82.2 Å². The summed E-state index contributed by atoms with van der Waals surface area (Å²) in [6, 6.07) is 3.97. The second kappa shape index (κ2) is 8.93. The van der Waals surface area contributed by atoms with E-state index in [0.29, 0.717) is 30.2 Å². The van der Waals surface area contributed by atoms with Gasteiger partial charge in [-0.1, -0.05) is 6.07 Å². The number of cyclic esters (lactones) is 2. The molecule has 2 saturated heterocycles. The van der Waals surface area contributed by atoms with Crippen LogP contribution in [0.15, 0.2) is 23.4 Å². The Bertz CT molecular complexity index is 1020. The first kappa shape index (κ1) is 22.1. The number of rotatable bonds is 5. The van der Waals surface area contributed by atoms with E-state index in [0.717, 1.165) is 63.0 Å². The van der Waals surface area contributed by atoms with Gasteiger partial charge in [0.15, 0.2) is 0 Å². The first-order valence-corrected chi connectivity index (χ1v) is 12.1. The van der Waals surface area contributed by atoms with E-state index in [9.17, 15) is 14.4 Å². The van der Waals surface area contributed by atoms with Crippen molar-refractivity contribution in [3.63, 3.8) is 0 Å². The van der Waals surface area contributed by atoms with Crippen LogP contribution in [0.1, 0.15) is 59.7 Å². The molecule has 0 saturated carbocycles. The average Bonchev–Trinajstić information content (AvgIpc) is 3.36. The standard InChI is InChI=1S/C26H32N2O5/c1-16-18(5-6-21-22(16)14-32-26(21)31)7-11-27-12-8-19(9-13-27)20-4-3-10-28(24(20)29)23-15-33-25(30)17(23)2/h5-6,19-20H,3-4,7-15H2,1-2H3. The number of amides is 1. The van der Waals surface area contributed by atoms with E-state index >= 15 is 0 Å². The molecule has 4 aliphatic rings. The molecule has 0 radical (unpaired) electrons. The number of hydrogen-bond donors (Lipinski definition) is 0. The Hall–Kier alpha value is -2.67. The Kier molecular flexibility index (Phi) is 5.99. The lowest BCUT2D eigenvalue weighted by atomic mass is 9.79. The topological polar surface area (TPSA) is 76.2 Å². The maximum atomic E-state index is 13.3. The van der Waals surface area contributed by atoms with Crippen molar-refractivity contribution in [3.05, 3.63) is 45.7 Å². The van der Waals surface area contributed by atoms with Crippen molar-refractivity contribution in [2.24, 2.45) is 11.8 Å². The molecule has 0 N–H and O–H groups in total. The molecule has 7 heteroatoms. The van der Waals surface area contributed by atoms with Gasteiger partial charge in [0.2, 0.25) is 5.91 Å². The van der Waals surface area contributed by atoms with Crippen LogP contribution in [0.4, 0.5) is 0 Å². The van der Waals surface area contributed by atoms with Gasteiger partial charge in [0.05, 0.1) is 16.8 Å². The number of likely N-dealkylation sites (tertiary alicyclic amines) is 2. The quantitative estimate of drug-likeness (QED) is 0.640. The number of nitrogens with zero attached hydrogens (tertiary/aromatic N) is 2. The van der Waals surface area contributed by atoms with Crippen LogP contribution in [-0.4, -0.2) is 60.4 Å². The van der Waals surface area contributed by atoms with E-state index in [1.165, 1.54) is 11.1 Å². The molecule has 0 aliphatic carbocycles. The second-order valence-electron chi connectivity index (χ2n) is 9.77. The van der Waals surface area contributed by atoms with E-state index in [4.69, 9.17) is 9.47 Å². The molecular formula is C26H32N2O5. The summed E-state index contributed by atoms with van der Waals surface area (Å²) in [5.41, 5.74) is 5.56. The van der Waals surface area contributed by atoms with Crippen molar-refractivity contribution in [2.75, 3.05) is 32.8 Å². The van der Waals surface area contributed by atoms with Gasteiger partial charge in [-0.25, -0.2) is 9.59 Å². The molecule has 0 spiro atoms. The number of esters is 2. The number of fused-ring (bicyclic) bond motifs is 1. The predicted octanol–water partition coefficient (Wildman–Crippen LogP) is 2.99. The Labute approximate surface area is 194 Å². The maximum absolute atomic E-state index is 13.3. The molecule has 2 fully saturated rings. The van der Waals surface area contributed by atoms with E-state index in [2.05, 4.69) is 17.9 Å². The van der Waals surface area contributed by atoms with Crippen LogP contribution in [0.2, 0.25) is 0 Å². The number of carbonyl (C=O) groups is 3. The van der Waals surface area contributed by atoms with E-state index < -0.39 is 0 Å². The van der Waals surface area contributed by atoms with Crippen molar-refractivity contribution in [3.8, 4) is 0 Å². The van der Waals surface area contributed by atoms with Crippen molar-refractivity contribution in [2.45, 2.75) is 52.6 Å². The summed E-state index contributed by atoms with van der Waals surface area (Å²) in [7, 11) is 0. The first-order valence-electron chi connectivity index (χ1n) is 12.1. The zero-order valence-electron chi connectivity index (χ0n) is 19.5. The Morgan fingerprint density at radius 3 is 2.42 bits per heavy atom. The summed E-state index contributed by atoms with van der Waals surface area (Å²) in [6.45, 7) is 8.14. The van der Waals surface area contributed by atoms with Crippen LogP contribution in [-0.2, 0) is 32.1 Å². The highest BCUT2D eigenvalue weighted by Crippen LogP contribution is 2.35. The molecule has 0 bridgehead atoms. The summed E-state index contributed by atoms with van der Waals surface area (Å²) in [5.74, 6) is 0.119. The minimum atomic E-state index is -0.300. The van der Waals surface area contributed by atoms with Crippen LogP contribution in [0.3, 0.4) is 0 Å². The molecule has 1 unspecified atom stereocenters. The molecule has 1 aromatic rings. The third-order valence-corrected chi connectivity index (χ3v) is 8.06. The van der Waals surface area contributed by atoms with Crippen LogP contribution >= 0.6 is 0 Å². The van der Waals surface area contributed by atoms with Crippen molar-refractivity contribution < 1.29 is 23.9 Å². The van der Waals surface area contributed by atoms with E-state index in [1.54, 1.807) is 6.92 Å². The van der Waals surface area contributed by atoms with Gasteiger partial charge in [-0.2, -0.15) is 0 Å². The minimum Gasteiger partial charge on any atom is -0.457 e. The number of piperidine rings is 2. The smallest absolute Gasteiger partial charge is 0.338 e. The highest BCUT2D eigenvalue weighted by atomic mass is 16.5.